The standard InChI is InChI=1S/C14H18N2O2S2/c1-10-15-13-8-7-12(9-14(13)19-10)20(17,18)16(2)11-5-3-4-6-11/h7-9,11H,3-6H2,1-2H3. The Morgan fingerprint density at radius 2 is 2.00 bits per heavy atom. The molecule has 1 aromatic heterocycles. The lowest BCUT2D eigenvalue weighted by atomic mass is 10.3. The zero-order chi connectivity index (χ0) is 14.3. The molecule has 4 nitrogen and oxygen atoms in total. The van der Waals surface area contributed by atoms with Gasteiger partial charge in [-0.25, -0.2) is 13.4 Å². The Balaban J connectivity index is 1.99. The summed E-state index contributed by atoms with van der Waals surface area (Å²) in [7, 11) is -1.69. The van der Waals surface area contributed by atoms with Crippen LogP contribution in [-0.2, 0) is 10.0 Å². The summed E-state index contributed by atoms with van der Waals surface area (Å²) in [6, 6.07) is 5.37. The number of sulfonamides is 1. The van der Waals surface area contributed by atoms with Crippen LogP contribution in [0.15, 0.2) is 23.1 Å². The summed E-state index contributed by atoms with van der Waals surface area (Å²) in [6.07, 6.45) is 4.19. The second kappa shape index (κ2) is 5.09. The van der Waals surface area contributed by atoms with Gasteiger partial charge in [0.1, 0.15) is 0 Å². The van der Waals surface area contributed by atoms with E-state index in [-0.39, 0.29) is 6.04 Å². The predicted molar refractivity (Wildman–Crippen MR) is 81.6 cm³/mol. The van der Waals surface area contributed by atoms with Gasteiger partial charge in [-0.3, -0.25) is 0 Å². The van der Waals surface area contributed by atoms with Gasteiger partial charge < -0.3 is 0 Å². The van der Waals surface area contributed by atoms with Crippen LogP contribution in [0.4, 0.5) is 0 Å². The van der Waals surface area contributed by atoms with Gasteiger partial charge in [0.05, 0.1) is 20.1 Å². The molecule has 0 amide bonds. The molecule has 0 aliphatic heterocycles. The molecule has 0 radical (unpaired) electrons. The van der Waals surface area contributed by atoms with Crippen LogP contribution in [-0.4, -0.2) is 30.8 Å². The fourth-order valence-corrected chi connectivity index (χ4v) is 5.19. The molecule has 0 spiro atoms. The first-order chi connectivity index (χ1) is 9.48. The molecule has 0 unspecified atom stereocenters. The van der Waals surface area contributed by atoms with Gasteiger partial charge in [-0.15, -0.1) is 11.3 Å². The van der Waals surface area contributed by atoms with Gasteiger partial charge in [0.15, 0.2) is 0 Å². The van der Waals surface area contributed by atoms with E-state index in [0.29, 0.717) is 4.90 Å². The van der Waals surface area contributed by atoms with Gasteiger partial charge in [0.2, 0.25) is 10.0 Å². The van der Waals surface area contributed by atoms with E-state index in [4.69, 9.17) is 0 Å². The summed E-state index contributed by atoms with van der Waals surface area (Å²) >= 11 is 1.53. The van der Waals surface area contributed by atoms with E-state index < -0.39 is 10.0 Å². The zero-order valence-electron chi connectivity index (χ0n) is 11.7. The third-order valence-electron chi connectivity index (χ3n) is 3.98. The van der Waals surface area contributed by atoms with Crippen molar-refractivity contribution in [1.82, 2.24) is 9.29 Å². The van der Waals surface area contributed by atoms with Gasteiger partial charge in [-0.1, -0.05) is 12.8 Å². The molecule has 6 heteroatoms. The molecule has 2 aromatic rings. The summed E-state index contributed by atoms with van der Waals surface area (Å²) in [4.78, 5) is 4.75. The highest BCUT2D eigenvalue weighted by Gasteiger charge is 2.30. The Bertz CT molecular complexity index is 731. The van der Waals surface area contributed by atoms with Gasteiger partial charge in [-0.2, -0.15) is 4.31 Å². The molecule has 1 aromatic carbocycles. The summed E-state index contributed by atoms with van der Waals surface area (Å²) in [5, 5.41) is 0.957. The molecular formula is C14H18N2O2S2. The lowest BCUT2D eigenvalue weighted by molar-refractivity contribution is 0.373. The van der Waals surface area contributed by atoms with Gasteiger partial charge in [-0.05, 0) is 38.0 Å². The fraction of sp³-hybridized carbons (Fsp3) is 0.500. The first-order valence-corrected chi connectivity index (χ1v) is 9.09. The van der Waals surface area contributed by atoms with Crippen molar-refractivity contribution >= 4 is 31.6 Å². The van der Waals surface area contributed by atoms with Crippen LogP contribution < -0.4 is 0 Å². The van der Waals surface area contributed by atoms with Gasteiger partial charge in [0.25, 0.3) is 0 Å². The number of hydrogen-bond donors (Lipinski definition) is 0. The molecule has 1 aliphatic rings. The van der Waals surface area contributed by atoms with Crippen LogP contribution >= 0.6 is 11.3 Å². The average Bonchev–Trinajstić information content (AvgIpc) is 3.04. The number of aryl methyl sites for hydroxylation is 1. The third kappa shape index (κ3) is 2.36. The normalized spacial score (nSPS) is 17.4. The fourth-order valence-electron chi connectivity index (χ4n) is 2.81. The number of hydrogen-bond acceptors (Lipinski definition) is 4. The molecule has 1 heterocycles. The summed E-state index contributed by atoms with van der Waals surface area (Å²) < 4.78 is 27.8. The minimum atomic E-state index is -3.39. The van der Waals surface area contributed by atoms with Crippen LogP contribution in [0, 0.1) is 6.92 Å². The van der Waals surface area contributed by atoms with Gasteiger partial charge >= 0.3 is 0 Å². The second-order valence-electron chi connectivity index (χ2n) is 5.32. The summed E-state index contributed by atoms with van der Waals surface area (Å²) in [5.41, 5.74) is 0.870. The molecule has 0 saturated heterocycles. The third-order valence-corrected chi connectivity index (χ3v) is 6.82. The number of aromatic nitrogens is 1. The van der Waals surface area contributed by atoms with Crippen molar-refractivity contribution in [3.8, 4) is 0 Å². The molecule has 20 heavy (non-hydrogen) atoms. The van der Waals surface area contributed by atoms with E-state index in [1.807, 2.05) is 6.92 Å². The highest BCUT2D eigenvalue weighted by molar-refractivity contribution is 7.89. The van der Waals surface area contributed by atoms with E-state index in [1.165, 1.54) is 11.3 Å². The lowest BCUT2D eigenvalue weighted by Crippen LogP contribution is -2.35. The van der Waals surface area contributed by atoms with Crippen molar-refractivity contribution in [2.24, 2.45) is 0 Å². The van der Waals surface area contributed by atoms with E-state index in [9.17, 15) is 8.42 Å². The van der Waals surface area contributed by atoms with Crippen molar-refractivity contribution in [3.63, 3.8) is 0 Å². The maximum Gasteiger partial charge on any atom is 0.243 e. The minimum Gasteiger partial charge on any atom is -0.242 e. The molecule has 1 aliphatic carbocycles. The summed E-state index contributed by atoms with van der Waals surface area (Å²) in [5.74, 6) is 0. The van der Waals surface area contributed by atoms with Crippen molar-refractivity contribution < 1.29 is 8.42 Å². The number of benzene rings is 1. The smallest absolute Gasteiger partial charge is 0.242 e. The van der Waals surface area contributed by atoms with Crippen LogP contribution in [0.25, 0.3) is 10.2 Å². The monoisotopic (exact) mass is 310 g/mol. The molecule has 0 bridgehead atoms. The van der Waals surface area contributed by atoms with Crippen molar-refractivity contribution in [2.75, 3.05) is 7.05 Å². The highest BCUT2D eigenvalue weighted by atomic mass is 32.2. The van der Waals surface area contributed by atoms with Crippen molar-refractivity contribution in [2.45, 2.75) is 43.5 Å². The Kier molecular flexibility index (Phi) is 3.56. The molecule has 1 saturated carbocycles. The largest absolute Gasteiger partial charge is 0.243 e. The highest BCUT2D eigenvalue weighted by Crippen LogP contribution is 2.30. The SMILES string of the molecule is Cc1nc2ccc(S(=O)(=O)N(C)C3CCCC3)cc2s1. The minimum absolute atomic E-state index is 0.152. The lowest BCUT2D eigenvalue weighted by Gasteiger charge is -2.23. The maximum absolute atomic E-state index is 12.7. The molecular weight excluding hydrogens is 292 g/mol. The van der Waals surface area contributed by atoms with Crippen molar-refractivity contribution in [3.05, 3.63) is 23.2 Å². The molecule has 0 N–H and O–H groups in total. The Hall–Kier alpha value is -0.980. The molecule has 0 atom stereocenters. The van der Waals surface area contributed by atoms with E-state index in [1.54, 1.807) is 29.6 Å². The predicted octanol–water partition coefficient (Wildman–Crippen LogP) is 3.17. The summed E-state index contributed by atoms with van der Waals surface area (Å²) in [6.45, 7) is 1.93. The molecule has 1 fully saturated rings. The molecule has 108 valence electrons. The number of thiazole rings is 1. The topological polar surface area (TPSA) is 50.3 Å². The Morgan fingerprint density at radius 1 is 1.30 bits per heavy atom. The number of nitrogens with zero attached hydrogens (tertiary/aromatic N) is 2. The van der Waals surface area contributed by atoms with E-state index in [2.05, 4.69) is 4.98 Å². The molecule has 3 rings (SSSR count). The second-order valence-corrected chi connectivity index (χ2v) is 8.55. The Labute approximate surface area is 123 Å². The number of rotatable bonds is 3. The quantitative estimate of drug-likeness (QED) is 0.875. The van der Waals surface area contributed by atoms with Crippen LogP contribution in [0.3, 0.4) is 0 Å². The zero-order valence-corrected chi connectivity index (χ0v) is 13.3. The van der Waals surface area contributed by atoms with Crippen molar-refractivity contribution in [1.29, 1.82) is 0 Å². The van der Waals surface area contributed by atoms with Crippen LogP contribution in [0.5, 0.6) is 0 Å². The van der Waals surface area contributed by atoms with E-state index >= 15 is 0 Å². The first kappa shape index (κ1) is 14.0. The Morgan fingerprint density at radius 3 is 2.70 bits per heavy atom. The van der Waals surface area contributed by atoms with Gasteiger partial charge in [0, 0.05) is 13.1 Å². The first-order valence-electron chi connectivity index (χ1n) is 6.84. The average molecular weight is 310 g/mol. The van der Waals surface area contributed by atoms with E-state index in [0.717, 1.165) is 40.9 Å². The number of fused-ring (bicyclic) bond motifs is 1. The van der Waals surface area contributed by atoms with Crippen LogP contribution in [0.2, 0.25) is 0 Å². The maximum atomic E-state index is 12.7. The van der Waals surface area contributed by atoms with Crippen LogP contribution in [0.1, 0.15) is 30.7 Å².